The van der Waals surface area contributed by atoms with E-state index in [1.54, 1.807) is 0 Å². The minimum atomic E-state index is 0.585. The highest BCUT2D eigenvalue weighted by Crippen LogP contribution is 2.36. The standard InChI is InChI=1S/C27H16BrN3O/c28-19-14-15-20-21-12-7-13-22(24(21)32-23(20)16-19)27-30-25(17-8-3-1-4-9-17)29-26(31-27)18-10-5-2-6-11-18/h1-16H. The van der Waals surface area contributed by atoms with E-state index in [9.17, 15) is 0 Å². The molecule has 0 fully saturated rings. The van der Waals surface area contributed by atoms with Crippen LogP contribution in [0, 0.1) is 0 Å². The highest BCUT2D eigenvalue weighted by Gasteiger charge is 2.17. The van der Waals surface area contributed by atoms with E-state index in [1.807, 2.05) is 84.9 Å². The molecule has 32 heavy (non-hydrogen) atoms. The molecule has 4 nitrogen and oxygen atoms in total. The van der Waals surface area contributed by atoms with Crippen LogP contribution in [0.3, 0.4) is 0 Å². The Hall–Kier alpha value is -3.83. The summed E-state index contributed by atoms with van der Waals surface area (Å²) >= 11 is 3.53. The van der Waals surface area contributed by atoms with Gasteiger partial charge in [0.1, 0.15) is 11.2 Å². The van der Waals surface area contributed by atoms with E-state index in [0.29, 0.717) is 17.5 Å². The average Bonchev–Trinajstić information content (AvgIpc) is 3.22. The topological polar surface area (TPSA) is 51.8 Å². The lowest BCUT2D eigenvalue weighted by atomic mass is 10.1. The number of hydrogen-bond donors (Lipinski definition) is 0. The van der Waals surface area contributed by atoms with Crippen molar-refractivity contribution in [2.45, 2.75) is 0 Å². The number of nitrogens with zero attached hydrogens (tertiary/aromatic N) is 3. The molecule has 0 aliphatic carbocycles. The van der Waals surface area contributed by atoms with Gasteiger partial charge >= 0.3 is 0 Å². The van der Waals surface area contributed by atoms with Crippen molar-refractivity contribution in [3.63, 3.8) is 0 Å². The van der Waals surface area contributed by atoms with Crippen molar-refractivity contribution < 1.29 is 4.42 Å². The number of aromatic nitrogens is 3. The van der Waals surface area contributed by atoms with Gasteiger partial charge in [-0.1, -0.05) is 88.7 Å². The van der Waals surface area contributed by atoms with Crippen LogP contribution in [0.4, 0.5) is 0 Å². The van der Waals surface area contributed by atoms with Crippen LogP contribution >= 0.6 is 15.9 Å². The number of halogens is 1. The van der Waals surface area contributed by atoms with Crippen molar-refractivity contribution in [3.05, 3.63) is 102 Å². The van der Waals surface area contributed by atoms with Gasteiger partial charge in [-0.3, -0.25) is 0 Å². The molecule has 0 bridgehead atoms. The zero-order chi connectivity index (χ0) is 21.5. The Kier molecular flexibility index (Phi) is 4.55. The van der Waals surface area contributed by atoms with Gasteiger partial charge < -0.3 is 4.42 Å². The zero-order valence-electron chi connectivity index (χ0n) is 16.9. The number of benzene rings is 4. The van der Waals surface area contributed by atoms with Gasteiger partial charge in [0, 0.05) is 26.4 Å². The first-order chi connectivity index (χ1) is 15.8. The number of furan rings is 1. The molecule has 0 aliphatic heterocycles. The fraction of sp³-hybridized carbons (Fsp3) is 0. The predicted molar refractivity (Wildman–Crippen MR) is 131 cm³/mol. The second-order valence-corrected chi connectivity index (χ2v) is 8.38. The summed E-state index contributed by atoms with van der Waals surface area (Å²) < 4.78 is 7.26. The number of para-hydroxylation sites is 1. The van der Waals surface area contributed by atoms with E-state index >= 15 is 0 Å². The predicted octanol–water partition coefficient (Wildman–Crippen LogP) is 7.53. The van der Waals surface area contributed by atoms with Gasteiger partial charge in [-0.25, -0.2) is 15.0 Å². The molecule has 0 atom stereocenters. The Bertz CT molecular complexity index is 1520. The molecule has 0 saturated carbocycles. The fourth-order valence-corrected chi connectivity index (χ4v) is 4.22. The Morgan fingerprint density at radius 3 is 1.84 bits per heavy atom. The van der Waals surface area contributed by atoms with Crippen molar-refractivity contribution in [2.75, 3.05) is 0 Å². The van der Waals surface area contributed by atoms with E-state index in [-0.39, 0.29) is 0 Å². The summed E-state index contributed by atoms with van der Waals surface area (Å²) in [5.41, 5.74) is 4.31. The number of hydrogen-bond acceptors (Lipinski definition) is 4. The second-order valence-electron chi connectivity index (χ2n) is 7.46. The zero-order valence-corrected chi connectivity index (χ0v) is 18.5. The van der Waals surface area contributed by atoms with Gasteiger partial charge in [-0.15, -0.1) is 0 Å². The highest BCUT2D eigenvalue weighted by molar-refractivity contribution is 9.10. The Balaban J connectivity index is 1.63. The van der Waals surface area contributed by atoms with Gasteiger partial charge in [0.05, 0.1) is 5.56 Å². The van der Waals surface area contributed by atoms with Gasteiger partial charge in [-0.2, -0.15) is 0 Å². The molecule has 152 valence electrons. The van der Waals surface area contributed by atoms with Crippen LogP contribution in [-0.4, -0.2) is 15.0 Å². The third-order valence-electron chi connectivity index (χ3n) is 5.40. The third kappa shape index (κ3) is 3.27. The largest absolute Gasteiger partial charge is 0.455 e. The molecule has 0 saturated heterocycles. The number of rotatable bonds is 3. The molecule has 2 heterocycles. The summed E-state index contributed by atoms with van der Waals surface area (Å²) in [6.07, 6.45) is 0. The molecule has 0 aliphatic rings. The molecular formula is C27H16BrN3O. The average molecular weight is 478 g/mol. The highest BCUT2D eigenvalue weighted by atomic mass is 79.9. The molecule has 4 aromatic carbocycles. The Morgan fingerprint density at radius 1 is 0.562 bits per heavy atom. The van der Waals surface area contributed by atoms with E-state index in [1.165, 1.54) is 0 Å². The molecule has 0 radical (unpaired) electrons. The minimum Gasteiger partial charge on any atom is -0.455 e. The Labute approximate surface area is 192 Å². The lowest BCUT2D eigenvalue weighted by Gasteiger charge is -2.08. The summed E-state index contributed by atoms with van der Waals surface area (Å²) in [5.74, 6) is 1.84. The van der Waals surface area contributed by atoms with E-state index in [0.717, 1.165) is 43.1 Å². The van der Waals surface area contributed by atoms with Crippen molar-refractivity contribution in [1.29, 1.82) is 0 Å². The molecule has 6 rings (SSSR count). The first kappa shape index (κ1) is 18.9. The van der Waals surface area contributed by atoms with Crippen molar-refractivity contribution >= 4 is 37.9 Å². The van der Waals surface area contributed by atoms with Crippen LogP contribution in [0.1, 0.15) is 0 Å². The SMILES string of the molecule is Brc1ccc2c(c1)oc1c(-c3nc(-c4ccccc4)nc(-c4ccccc4)n3)cccc12. The van der Waals surface area contributed by atoms with Crippen LogP contribution in [-0.2, 0) is 0 Å². The van der Waals surface area contributed by atoms with Crippen molar-refractivity contribution in [3.8, 4) is 34.2 Å². The summed E-state index contributed by atoms with van der Waals surface area (Å²) in [6.45, 7) is 0. The molecule has 0 amide bonds. The molecule has 0 spiro atoms. The van der Waals surface area contributed by atoms with Gasteiger partial charge in [0.25, 0.3) is 0 Å². The summed E-state index contributed by atoms with van der Waals surface area (Å²) in [6, 6.07) is 32.1. The molecule has 0 N–H and O–H groups in total. The molecule has 2 aromatic heterocycles. The maximum Gasteiger partial charge on any atom is 0.167 e. The van der Waals surface area contributed by atoms with E-state index in [4.69, 9.17) is 19.4 Å². The maximum absolute atomic E-state index is 6.28. The maximum atomic E-state index is 6.28. The van der Waals surface area contributed by atoms with Gasteiger partial charge in [0.2, 0.25) is 0 Å². The normalized spacial score (nSPS) is 11.3. The first-order valence-electron chi connectivity index (χ1n) is 10.2. The fourth-order valence-electron chi connectivity index (χ4n) is 3.88. The van der Waals surface area contributed by atoms with Gasteiger partial charge in [-0.05, 0) is 24.3 Å². The molecule has 5 heteroatoms. The van der Waals surface area contributed by atoms with E-state index in [2.05, 4.69) is 28.1 Å². The quantitative estimate of drug-likeness (QED) is 0.264. The second kappa shape index (κ2) is 7.70. The first-order valence-corrected chi connectivity index (χ1v) is 11.0. The van der Waals surface area contributed by atoms with Crippen molar-refractivity contribution in [1.82, 2.24) is 15.0 Å². The van der Waals surface area contributed by atoms with Crippen LogP contribution in [0.15, 0.2) is 106 Å². The summed E-state index contributed by atoms with van der Waals surface area (Å²) in [4.78, 5) is 14.5. The van der Waals surface area contributed by atoms with Crippen LogP contribution < -0.4 is 0 Å². The van der Waals surface area contributed by atoms with Crippen LogP contribution in [0.5, 0.6) is 0 Å². The van der Waals surface area contributed by atoms with Crippen molar-refractivity contribution in [2.24, 2.45) is 0 Å². The monoisotopic (exact) mass is 477 g/mol. The van der Waals surface area contributed by atoms with Crippen LogP contribution in [0.2, 0.25) is 0 Å². The molecular weight excluding hydrogens is 462 g/mol. The Morgan fingerprint density at radius 2 is 1.19 bits per heavy atom. The van der Waals surface area contributed by atoms with Gasteiger partial charge in [0.15, 0.2) is 17.5 Å². The minimum absolute atomic E-state index is 0.585. The van der Waals surface area contributed by atoms with Crippen LogP contribution in [0.25, 0.3) is 56.1 Å². The molecule has 6 aromatic rings. The summed E-state index contributed by atoms with van der Waals surface area (Å²) in [7, 11) is 0. The van der Waals surface area contributed by atoms with E-state index < -0.39 is 0 Å². The number of fused-ring (bicyclic) bond motifs is 3. The lowest BCUT2D eigenvalue weighted by molar-refractivity contribution is 0.669. The smallest absolute Gasteiger partial charge is 0.167 e. The lowest BCUT2D eigenvalue weighted by Crippen LogP contribution is -2.00. The summed E-state index contributed by atoms with van der Waals surface area (Å²) in [5, 5.41) is 2.10. The molecule has 0 unspecified atom stereocenters. The third-order valence-corrected chi connectivity index (χ3v) is 5.89.